The minimum atomic E-state index is 0.385. The molecule has 0 saturated heterocycles. The molecule has 0 bridgehead atoms. The molecule has 5 heteroatoms. The molecular weight excluding hydrogens is 258 g/mol. The Morgan fingerprint density at radius 2 is 2.07 bits per heavy atom. The Labute approximate surface area is 95.8 Å². The van der Waals surface area contributed by atoms with Gasteiger partial charge in [0.2, 0.25) is 0 Å². The van der Waals surface area contributed by atoms with E-state index >= 15 is 0 Å². The lowest BCUT2D eigenvalue weighted by molar-refractivity contribution is 0.314. The van der Waals surface area contributed by atoms with Gasteiger partial charge in [0.15, 0.2) is 5.82 Å². The number of rotatable bonds is 3. The van der Waals surface area contributed by atoms with E-state index in [0.29, 0.717) is 18.4 Å². The molecule has 0 spiro atoms. The van der Waals surface area contributed by atoms with Gasteiger partial charge in [0.25, 0.3) is 0 Å². The van der Waals surface area contributed by atoms with Crippen LogP contribution in [-0.2, 0) is 0 Å². The Kier molecular flexibility index (Phi) is 3.01. The third-order valence-electron chi connectivity index (χ3n) is 1.86. The average Bonchev–Trinajstić information content (AvgIpc) is 2.68. The Hall–Kier alpha value is -1.36. The monoisotopic (exact) mass is 267 g/mol. The molecular formula is C10H10BrN3O. The molecule has 0 aliphatic carbocycles. The van der Waals surface area contributed by atoms with Crippen LogP contribution in [0.4, 0.5) is 0 Å². The molecule has 0 saturated carbocycles. The number of aromatic amines is 1. The Morgan fingerprint density at radius 1 is 1.33 bits per heavy atom. The van der Waals surface area contributed by atoms with Gasteiger partial charge < -0.3 is 4.74 Å². The number of halogens is 1. The van der Waals surface area contributed by atoms with Gasteiger partial charge >= 0.3 is 6.01 Å². The second-order valence-corrected chi connectivity index (χ2v) is 3.82. The standard InChI is InChI=1S/C10H10BrN3O/c1-2-15-10-12-9(13-14-10)7-3-5-8(11)6-4-7/h3-6H,2H2,1H3,(H,12,13,14). The van der Waals surface area contributed by atoms with E-state index in [0.717, 1.165) is 10.0 Å². The Bertz CT molecular complexity index is 438. The summed E-state index contributed by atoms with van der Waals surface area (Å²) >= 11 is 3.38. The van der Waals surface area contributed by atoms with Crippen molar-refractivity contribution >= 4 is 15.9 Å². The van der Waals surface area contributed by atoms with Crippen molar-refractivity contribution in [3.8, 4) is 17.4 Å². The van der Waals surface area contributed by atoms with E-state index in [1.54, 1.807) is 0 Å². The molecule has 0 fully saturated rings. The number of aromatic nitrogens is 3. The fourth-order valence-corrected chi connectivity index (χ4v) is 1.44. The molecule has 1 N–H and O–H groups in total. The lowest BCUT2D eigenvalue weighted by Gasteiger charge is -1.95. The molecule has 2 aromatic rings. The van der Waals surface area contributed by atoms with Crippen LogP contribution in [0.5, 0.6) is 6.01 Å². The summed E-state index contributed by atoms with van der Waals surface area (Å²) in [4.78, 5) is 4.20. The quantitative estimate of drug-likeness (QED) is 0.930. The van der Waals surface area contributed by atoms with Crippen LogP contribution in [0.3, 0.4) is 0 Å². The molecule has 4 nitrogen and oxygen atoms in total. The molecule has 0 unspecified atom stereocenters. The predicted octanol–water partition coefficient (Wildman–Crippen LogP) is 2.63. The van der Waals surface area contributed by atoms with Gasteiger partial charge in [0.1, 0.15) is 0 Å². The number of nitrogens with one attached hydrogen (secondary N) is 1. The lowest BCUT2D eigenvalue weighted by atomic mass is 10.2. The smallest absolute Gasteiger partial charge is 0.335 e. The van der Waals surface area contributed by atoms with Crippen LogP contribution < -0.4 is 4.74 Å². The normalized spacial score (nSPS) is 10.3. The topological polar surface area (TPSA) is 50.8 Å². The van der Waals surface area contributed by atoms with Crippen LogP contribution in [0.1, 0.15) is 6.92 Å². The maximum absolute atomic E-state index is 5.17. The van der Waals surface area contributed by atoms with Gasteiger partial charge in [-0.05, 0) is 19.1 Å². The Balaban J connectivity index is 2.25. The second kappa shape index (κ2) is 4.44. The van der Waals surface area contributed by atoms with Crippen molar-refractivity contribution < 1.29 is 4.74 Å². The van der Waals surface area contributed by atoms with E-state index in [9.17, 15) is 0 Å². The maximum Gasteiger partial charge on any atom is 0.335 e. The molecule has 0 amide bonds. The summed E-state index contributed by atoms with van der Waals surface area (Å²) in [6, 6.07) is 8.22. The van der Waals surface area contributed by atoms with Crippen molar-refractivity contribution in [1.82, 2.24) is 15.2 Å². The van der Waals surface area contributed by atoms with Crippen molar-refractivity contribution in [2.24, 2.45) is 0 Å². The van der Waals surface area contributed by atoms with Gasteiger partial charge in [-0.15, -0.1) is 5.10 Å². The predicted molar refractivity (Wildman–Crippen MR) is 60.7 cm³/mol. The van der Waals surface area contributed by atoms with E-state index < -0.39 is 0 Å². The zero-order valence-corrected chi connectivity index (χ0v) is 9.78. The number of H-pyrrole nitrogens is 1. The molecule has 15 heavy (non-hydrogen) atoms. The lowest BCUT2D eigenvalue weighted by Crippen LogP contribution is -1.92. The molecule has 1 aromatic heterocycles. The zero-order chi connectivity index (χ0) is 10.7. The van der Waals surface area contributed by atoms with Crippen LogP contribution in [0, 0.1) is 0 Å². The average molecular weight is 268 g/mol. The van der Waals surface area contributed by atoms with Gasteiger partial charge in [-0.25, -0.2) is 0 Å². The van der Waals surface area contributed by atoms with Gasteiger partial charge in [-0.1, -0.05) is 28.1 Å². The largest absolute Gasteiger partial charge is 0.463 e. The highest BCUT2D eigenvalue weighted by molar-refractivity contribution is 9.10. The van der Waals surface area contributed by atoms with Crippen molar-refractivity contribution in [1.29, 1.82) is 0 Å². The van der Waals surface area contributed by atoms with Crippen molar-refractivity contribution in [2.45, 2.75) is 6.92 Å². The van der Waals surface area contributed by atoms with Crippen LogP contribution >= 0.6 is 15.9 Å². The van der Waals surface area contributed by atoms with E-state index in [2.05, 4.69) is 31.1 Å². The van der Waals surface area contributed by atoms with E-state index in [1.807, 2.05) is 31.2 Å². The third-order valence-corrected chi connectivity index (χ3v) is 2.38. The third kappa shape index (κ3) is 2.36. The molecule has 0 radical (unpaired) electrons. The summed E-state index contributed by atoms with van der Waals surface area (Å²) in [6.45, 7) is 2.47. The first-order valence-corrected chi connectivity index (χ1v) is 5.40. The van der Waals surface area contributed by atoms with Gasteiger partial charge in [-0.2, -0.15) is 4.98 Å². The highest BCUT2D eigenvalue weighted by Crippen LogP contribution is 2.19. The summed E-state index contributed by atoms with van der Waals surface area (Å²) in [5.74, 6) is 0.714. The van der Waals surface area contributed by atoms with Crippen LogP contribution in [0.25, 0.3) is 11.4 Å². The van der Waals surface area contributed by atoms with Gasteiger partial charge in [-0.3, -0.25) is 5.10 Å². The summed E-state index contributed by atoms with van der Waals surface area (Å²) in [6.07, 6.45) is 0. The summed E-state index contributed by atoms with van der Waals surface area (Å²) in [7, 11) is 0. The number of hydrogen-bond acceptors (Lipinski definition) is 3. The highest BCUT2D eigenvalue weighted by Gasteiger charge is 2.05. The van der Waals surface area contributed by atoms with E-state index in [1.165, 1.54) is 0 Å². The fraction of sp³-hybridized carbons (Fsp3) is 0.200. The molecule has 0 aliphatic heterocycles. The van der Waals surface area contributed by atoms with Crippen molar-refractivity contribution in [2.75, 3.05) is 6.61 Å². The van der Waals surface area contributed by atoms with E-state index in [4.69, 9.17) is 4.74 Å². The number of ether oxygens (including phenoxy) is 1. The number of hydrogen-bond donors (Lipinski definition) is 1. The molecule has 78 valence electrons. The van der Waals surface area contributed by atoms with Gasteiger partial charge in [0, 0.05) is 10.0 Å². The maximum atomic E-state index is 5.17. The first kappa shape index (κ1) is 10.2. The minimum absolute atomic E-state index is 0.385. The summed E-state index contributed by atoms with van der Waals surface area (Å²) in [5, 5.41) is 6.76. The zero-order valence-electron chi connectivity index (χ0n) is 8.20. The Morgan fingerprint density at radius 3 is 2.73 bits per heavy atom. The molecule has 0 atom stereocenters. The van der Waals surface area contributed by atoms with Gasteiger partial charge in [0.05, 0.1) is 6.61 Å². The molecule has 1 heterocycles. The number of nitrogens with zero attached hydrogens (tertiary/aromatic N) is 2. The summed E-state index contributed by atoms with van der Waals surface area (Å²) < 4.78 is 6.21. The molecule has 1 aromatic carbocycles. The highest BCUT2D eigenvalue weighted by atomic mass is 79.9. The minimum Gasteiger partial charge on any atom is -0.463 e. The van der Waals surface area contributed by atoms with Crippen LogP contribution in [0.15, 0.2) is 28.7 Å². The van der Waals surface area contributed by atoms with Crippen LogP contribution in [-0.4, -0.2) is 21.8 Å². The number of benzene rings is 1. The van der Waals surface area contributed by atoms with Crippen LogP contribution in [0.2, 0.25) is 0 Å². The first-order valence-electron chi connectivity index (χ1n) is 4.60. The second-order valence-electron chi connectivity index (χ2n) is 2.91. The van der Waals surface area contributed by atoms with E-state index in [-0.39, 0.29) is 0 Å². The SMILES string of the molecule is CCOc1n[nH]c(-c2ccc(Br)cc2)n1. The first-order chi connectivity index (χ1) is 7.29. The fourth-order valence-electron chi connectivity index (χ4n) is 1.18. The molecule has 2 rings (SSSR count). The van der Waals surface area contributed by atoms with Crippen molar-refractivity contribution in [3.63, 3.8) is 0 Å². The summed E-state index contributed by atoms with van der Waals surface area (Å²) in [5.41, 5.74) is 0.983. The van der Waals surface area contributed by atoms with Crippen molar-refractivity contribution in [3.05, 3.63) is 28.7 Å². The molecule has 0 aliphatic rings.